The Balaban J connectivity index is 2.31. The van der Waals surface area contributed by atoms with Gasteiger partial charge in [-0.1, -0.05) is 0 Å². The quantitative estimate of drug-likeness (QED) is 0.667. The highest BCUT2D eigenvalue weighted by atomic mass is 28.4. The molecule has 0 aliphatic carbocycles. The van der Waals surface area contributed by atoms with Gasteiger partial charge < -0.3 is 13.4 Å². The van der Waals surface area contributed by atoms with Crippen LogP contribution in [0.15, 0.2) is 0 Å². The second kappa shape index (κ2) is 6.47. The van der Waals surface area contributed by atoms with Crippen molar-refractivity contribution in [3.63, 3.8) is 0 Å². The first kappa shape index (κ1) is 15.4. The van der Waals surface area contributed by atoms with Crippen LogP contribution < -0.4 is 0 Å². The van der Waals surface area contributed by atoms with E-state index in [-0.39, 0.29) is 0 Å². The van der Waals surface area contributed by atoms with Gasteiger partial charge in [-0.05, 0) is 64.6 Å². The molecule has 1 atom stereocenters. The van der Waals surface area contributed by atoms with Gasteiger partial charge in [0.2, 0.25) is 0 Å². The first-order chi connectivity index (χ1) is 7.93. The van der Waals surface area contributed by atoms with Crippen molar-refractivity contribution in [1.82, 2.24) is 4.57 Å². The van der Waals surface area contributed by atoms with Crippen LogP contribution in [0.3, 0.4) is 0 Å². The third kappa shape index (κ3) is 4.48. The highest BCUT2D eigenvalue weighted by molar-refractivity contribution is 6.71. The Hall–Kier alpha value is 0.314. The third-order valence-electron chi connectivity index (χ3n) is 3.92. The maximum atomic E-state index is 5.87. The zero-order chi connectivity index (χ0) is 12.9. The second-order valence-corrected chi connectivity index (χ2v) is 14.0. The molecule has 0 radical (unpaired) electrons. The van der Waals surface area contributed by atoms with E-state index in [2.05, 4.69) is 31.1 Å². The van der Waals surface area contributed by atoms with Crippen LogP contribution in [-0.2, 0) is 8.85 Å². The first-order valence-electron chi connectivity index (χ1n) is 6.88. The van der Waals surface area contributed by atoms with Gasteiger partial charge in [-0.15, -0.1) is 0 Å². The fourth-order valence-electron chi connectivity index (χ4n) is 2.73. The Bertz CT molecular complexity index is 239. The summed E-state index contributed by atoms with van der Waals surface area (Å²) in [5.41, 5.74) is 0. The van der Waals surface area contributed by atoms with Gasteiger partial charge in [-0.25, -0.2) is 0 Å². The van der Waals surface area contributed by atoms with Gasteiger partial charge in [0, 0.05) is 13.7 Å². The van der Waals surface area contributed by atoms with Gasteiger partial charge in [0.1, 0.15) is 0 Å². The molecular formula is C12H29NO2Si2. The summed E-state index contributed by atoms with van der Waals surface area (Å²) in [5.74, 6) is 0. The van der Waals surface area contributed by atoms with E-state index in [0.29, 0.717) is 0 Å². The van der Waals surface area contributed by atoms with Gasteiger partial charge >= 0.3 is 0 Å². The lowest BCUT2D eigenvalue weighted by atomic mass is 10.4. The molecule has 5 heteroatoms. The van der Waals surface area contributed by atoms with Crippen molar-refractivity contribution < 1.29 is 8.85 Å². The molecule has 1 aliphatic heterocycles. The molecule has 0 spiro atoms. The number of nitrogens with zero attached hydrogens (tertiary/aromatic N) is 1. The highest BCUT2D eigenvalue weighted by Gasteiger charge is 2.40. The van der Waals surface area contributed by atoms with E-state index >= 15 is 0 Å². The molecule has 102 valence electrons. The monoisotopic (exact) mass is 275 g/mol. The van der Waals surface area contributed by atoms with E-state index < -0.39 is 16.8 Å². The molecule has 0 amide bonds. The predicted octanol–water partition coefficient (Wildman–Crippen LogP) is 3.04. The topological polar surface area (TPSA) is 21.7 Å². The molecular weight excluding hydrogens is 246 g/mol. The molecule has 3 nitrogen and oxygen atoms in total. The van der Waals surface area contributed by atoms with E-state index in [4.69, 9.17) is 8.85 Å². The van der Waals surface area contributed by atoms with E-state index in [9.17, 15) is 0 Å². The average molecular weight is 276 g/mol. The van der Waals surface area contributed by atoms with Gasteiger partial charge in [-0.3, -0.25) is 0 Å². The molecule has 1 heterocycles. The first-order valence-corrected chi connectivity index (χ1v) is 12.6. The van der Waals surface area contributed by atoms with E-state index in [1.807, 2.05) is 7.11 Å². The third-order valence-corrected chi connectivity index (χ3v) is 10.5. The van der Waals surface area contributed by atoms with E-state index in [1.165, 1.54) is 38.0 Å². The van der Waals surface area contributed by atoms with Crippen LogP contribution >= 0.6 is 0 Å². The number of hydrogen-bond acceptors (Lipinski definition) is 3. The second-order valence-electron chi connectivity index (χ2n) is 5.77. The van der Waals surface area contributed by atoms with Crippen LogP contribution in [0.2, 0.25) is 31.7 Å². The molecule has 0 saturated carbocycles. The van der Waals surface area contributed by atoms with Crippen LogP contribution in [0.1, 0.15) is 19.8 Å². The number of rotatable bonds is 7. The molecule has 0 bridgehead atoms. The fourth-order valence-corrected chi connectivity index (χ4v) is 7.52. The molecule has 1 saturated heterocycles. The lowest BCUT2D eigenvalue weighted by molar-refractivity contribution is 0.308. The minimum absolute atomic E-state index is 0.869. The summed E-state index contributed by atoms with van der Waals surface area (Å²) >= 11 is 0. The van der Waals surface area contributed by atoms with Crippen molar-refractivity contribution in [2.24, 2.45) is 0 Å². The van der Waals surface area contributed by atoms with Crippen LogP contribution in [0.25, 0.3) is 0 Å². The molecule has 17 heavy (non-hydrogen) atoms. The summed E-state index contributed by atoms with van der Waals surface area (Å²) in [5, 5.41) is 0. The van der Waals surface area contributed by atoms with Crippen LogP contribution in [0, 0.1) is 0 Å². The molecule has 1 unspecified atom stereocenters. The Kier molecular flexibility index (Phi) is 5.85. The van der Waals surface area contributed by atoms with Crippen molar-refractivity contribution in [2.75, 3.05) is 26.8 Å². The van der Waals surface area contributed by atoms with Gasteiger partial charge in [0.05, 0.1) is 0 Å². The normalized spacial score (nSPS) is 26.6. The molecule has 0 aromatic carbocycles. The standard InChI is InChI=1S/C12H29NO2Si2/c1-6-15-16(3,4)11-7-9-13-10-8-12-17(13,5)14-2/h6-12H2,1-5H3. The Morgan fingerprint density at radius 3 is 2.65 bits per heavy atom. The molecule has 1 fully saturated rings. The minimum Gasteiger partial charge on any atom is -0.418 e. The van der Waals surface area contributed by atoms with E-state index in [0.717, 1.165) is 6.61 Å². The highest BCUT2D eigenvalue weighted by Crippen LogP contribution is 2.27. The van der Waals surface area contributed by atoms with E-state index in [1.54, 1.807) is 0 Å². The summed E-state index contributed by atoms with van der Waals surface area (Å²) in [6.45, 7) is 12.4. The Labute approximate surface area is 109 Å². The lowest BCUT2D eigenvalue weighted by Gasteiger charge is -2.32. The molecule has 1 aliphatic rings. The maximum absolute atomic E-state index is 5.87. The average Bonchev–Trinajstić information content (AvgIpc) is 2.61. The molecule has 1 rings (SSSR count). The van der Waals surface area contributed by atoms with Gasteiger partial charge in [0.25, 0.3) is 8.48 Å². The summed E-state index contributed by atoms with van der Waals surface area (Å²) in [6, 6.07) is 2.57. The van der Waals surface area contributed by atoms with Crippen molar-refractivity contribution >= 4 is 16.8 Å². The lowest BCUT2D eigenvalue weighted by Crippen LogP contribution is -2.48. The fraction of sp³-hybridized carbons (Fsp3) is 1.00. The maximum Gasteiger partial charge on any atom is 0.267 e. The van der Waals surface area contributed by atoms with Crippen molar-refractivity contribution in [3.8, 4) is 0 Å². The Morgan fingerprint density at radius 2 is 2.06 bits per heavy atom. The predicted molar refractivity (Wildman–Crippen MR) is 78.2 cm³/mol. The van der Waals surface area contributed by atoms with Crippen molar-refractivity contribution in [2.45, 2.75) is 51.5 Å². The smallest absolute Gasteiger partial charge is 0.267 e. The summed E-state index contributed by atoms with van der Waals surface area (Å²) in [6.07, 6.45) is 2.59. The Morgan fingerprint density at radius 1 is 1.35 bits per heavy atom. The minimum atomic E-state index is -1.50. The van der Waals surface area contributed by atoms with Gasteiger partial charge in [-0.2, -0.15) is 0 Å². The van der Waals surface area contributed by atoms with Crippen molar-refractivity contribution in [3.05, 3.63) is 0 Å². The largest absolute Gasteiger partial charge is 0.418 e. The summed E-state index contributed by atoms with van der Waals surface area (Å²) in [4.78, 5) is 0. The summed E-state index contributed by atoms with van der Waals surface area (Å²) in [7, 11) is -0.988. The zero-order valence-corrected chi connectivity index (χ0v) is 14.2. The van der Waals surface area contributed by atoms with Crippen LogP contribution in [-0.4, -0.2) is 48.2 Å². The van der Waals surface area contributed by atoms with Crippen LogP contribution in [0.4, 0.5) is 0 Å². The van der Waals surface area contributed by atoms with Gasteiger partial charge in [0.15, 0.2) is 8.32 Å². The zero-order valence-electron chi connectivity index (χ0n) is 12.2. The molecule has 0 N–H and O–H groups in total. The summed E-state index contributed by atoms with van der Waals surface area (Å²) < 4.78 is 14.3. The molecule has 0 aromatic heterocycles. The number of hydrogen-bond donors (Lipinski definition) is 0. The SMILES string of the molecule is CCO[Si](C)(C)CCCN1CCC[Si]1(C)OC. The molecule has 0 aromatic rings. The van der Waals surface area contributed by atoms with Crippen LogP contribution in [0.5, 0.6) is 0 Å². The van der Waals surface area contributed by atoms with Crippen molar-refractivity contribution in [1.29, 1.82) is 0 Å².